The molecule has 0 aromatic heterocycles. The summed E-state index contributed by atoms with van der Waals surface area (Å²) in [4.78, 5) is 0. The molecule has 2 bridgehead atoms. The summed E-state index contributed by atoms with van der Waals surface area (Å²) in [5, 5.41) is 0. The largest absolute Gasteiger partial charge is 0.374 e. The van der Waals surface area contributed by atoms with E-state index in [0.717, 1.165) is 18.4 Å². The Balaban J connectivity index is 2.33. The fourth-order valence-electron chi connectivity index (χ4n) is 3.55. The lowest BCUT2D eigenvalue weighted by Gasteiger charge is -2.53. The Kier molecular flexibility index (Phi) is 2.46. The smallest absolute Gasteiger partial charge is 0.0761 e. The molecule has 1 heteroatoms. The van der Waals surface area contributed by atoms with Gasteiger partial charge in [-0.1, -0.05) is 39.8 Å². The van der Waals surface area contributed by atoms with E-state index in [2.05, 4.69) is 39.8 Å². The van der Waals surface area contributed by atoms with E-state index in [1.165, 1.54) is 6.42 Å². The molecule has 3 rings (SSSR count). The van der Waals surface area contributed by atoms with Gasteiger partial charge in [0.1, 0.15) is 0 Å². The molecule has 2 heterocycles. The Labute approximate surface area is 87.5 Å². The molecular formula is C13H22O. The molecule has 2 unspecified atom stereocenters. The molecule has 0 N–H and O–H groups in total. The predicted octanol–water partition coefficient (Wildman–Crippen LogP) is 3.26. The van der Waals surface area contributed by atoms with Crippen molar-refractivity contribution in [3.8, 4) is 0 Å². The van der Waals surface area contributed by atoms with Crippen molar-refractivity contribution in [2.75, 3.05) is 6.61 Å². The summed E-state index contributed by atoms with van der Waals surface area (Å²) in [6, 6.07) is 0. The number of rotatable bonds is 2. The van der Waals surface area contributed by atoms with Gasteiger partial charge in [0.2, 0.25) is 0 Å². The monoisotopic (exact) mass is 194 g/mol. The zero-order valence-corrected chi connectivity index (χ0v) is 9.79. The first-order valence-corrected chi connectivity index (χ1v) is 5.87. The standard InChI is InChI=1S/C13H22O/c1-9(2)13(10(3)4)7-12-6-5-11(13)8-14-12/h5-6,9-12H,7-8H2,1-4H3. The van der Waals surface area contributed by atoms with Crippen molar-refractivity contribution in [1.29, 1.82) is 0 Å². The molecule has 1 fully saturated rings. The molecule has 0 spiro atoms. The van der Waals surface area contributed by atoms with E-state index in [9.17, 15) is 0 Å². The summed E-state index contributed by atoms with van der Waals surface area (Å²) < 4.78 is 5.75. The number of ether oxygens (including phenoxy) is 1. The van der Waals surface area contributed by atoms with Gasteiger partial charge in [-0.3, -0.25) is 0 Å². The fraction of sp³-hybridized carbons (Fsp3) is 0.846. The third-order valence-corrected chi connectivity index (χ3v) is 4.44. The fourth-order valence-corrected chi connectivity index (χ4v) is 3.55. The summed E-state index contributed by atoms with van der Waals surface area (Å²) >= 11 is 0. The molecule has 80 valence electrons. The highest BCUT2D eigenvalue weighted by Crippen LogP contribution is 2.52. The minimum atomic E-state index is 0.393. The molecule has 14 heavy (non-hydrogen) atoms. The van der Waals surface area contributed by atoms with E-state index in [1.54, 1.807) is 0 Å². The Morgan fingerprint density at radius 3 is 2.00 bits per heavy atom. The molecule has 1 aliphatic carbocycles. The lowest BCUT2D eigenvalue weighted by Crippen LogP contribution is -2.51. The maximum atomic E-state index is 5.75. The van der Waals surface area contributed by atoms with Crippen LogP contribution >= 0.6 is 0 Å². The third kappa shape index (κ3) is 1.25. The van der Waals surface area contributed by atoms with Crippen LogP contribution in [0.15, 0.2) is 12.2 Å². The van der Waals surface area contributed by atoms with Gasteiger partial charge in [-0.15, -0.1) is 0 Å². The van der Waals surface area contributed by atoms with E-state index in [1.807, 2.05) is 0 Å². The molecule has 0 radical (unpaired) electrons. The summed E-state index contributed by atoms with van der Waals surface area (Å²) in [5.41, 5.74) is 0.484. The van der Waals surface area contributed by atoms with Gasteiger partial charge in [0.15, 0.2) is 0 Å². The van der Waals surface area contributed by atoms with Gasteiger partial charge in [-0.2, -0.15) is 0 Å². The van der Waals surface area contributed by atoms with Gasteiger partial charge in [-0.05, 0) is 23.7 Å². The zero-order chi connectivity index (χ0) is 10.3. The van der Waals surface area contributed by atoms with Crippen molar-refractivity contribution in [1.82, 2.24) is 0 Å². The molecule has 0 amide bonds. The lowest BCUT2D eigenvalue weighted by molar-refractivity contribution is -0.112. The van der Waals surface area contributed by atoms with Crippen molar-refractivity contribution >= 4 is 0 Å². The van der Waals surface area contributed by atoms with Crippen LogP contribution in [0.25, 0.3) is 0 Å². The van der Waals surface area contributed by atoms with E-state index >= 15 is 0 Å². The number of hydrogen-bond donors (Lipinski definition) is 0. The number of fused-ring (bicyclic) bond motifs is 2. The Bertz CT molecular complexity index is 232. The van der Waals surface area contributed by atoms with Crippen LogP contribution in [0.2, 0.25) is 0 Å². The van der Waals surface area contributed by atoms with Crippen LogP contribution in [0, 0.1) is 23.2 Å². The van der Waals surface area contributed by atoms with Crippen LogP contribution in [0.5, 0.6) is 0 Å². The van der Waals surface area contributed by atoms with Gasteiger partial charge in [0.05, 0.1) is 12.7 Å². The first-order valence-electron chi connectivity index (χ1n) is 5.87. The summed E-state index contributed by atoms with van der Waals surface area (Å²) in [6.45, 7) is 10.4. The van der Waals surface area contributed by atoms with Crippen LogP contribution in [0.1, 0.15) is 34.1 Å². The molecule has 0 aromatic carbocycles. The van der Waals surface area contributed by atoms with E-state index in [0.29, 0.717) is 17.4 Å². The second-order valence-corrected chi connectivity index (χ2v) is 5.49. The van der Waals surface area contributed by atoms with Crippen LogP contribution in [-0.4, -0.2) is 12.7 Å². The SMILES string of the molecule is CC(C)C1(C(C)C)CC2C=CC1CO2. The molecule has 2 aliphatic heterocycles. The molecule has 0 saturated carbocycles. The van der Waals surface area contributed by atoms with E-state index in [4.69, 9.17) is 4.74 Å². The maximum absolute atomic E-state index is 5.75. The molecule has 2 atom stereocenters. The lowest BCUT2D eigenvalue weighted by atomic mass is 9.56. The maximum Gasteiger partial charge on any atom is 0.0761 e. The highest BCUT2D eigenvalue weighted by molar-refractivity contribution is 5.13. The quantitative estimate of drug-likeness (QED) is 0.613. The van der Waals surface area contributed by atoms with Crippen molar-refractivity contribution in [3.05, 3.63) is 12.2 Å². The zero-order valence-electron chi connectivity index (χ0n) is 9.79. The van der Waals surface area contributed by atoms with Crippen LogP contribution in [0.4, 0.5) is 0 Å². The normalized spacial score (nSPS) is 34.4. The van der Waals surface area contributed by atoms with E-state index < -0.39 is 0 Å². The summed E-state index contributed by atoms with van der Waals surface area (Å²) in [6.07, 6.45) is 6.28. The van der Waals surface area contributed by atoms with Crippen LogP contribution in [0.3, 0.4) is 0 Å². The van der Waals surface area contributed by atoms with Gasteiger partial charge in [0.25, 0.3) is 0 Å². The molecular weight excluding hydrogens is 172 g/mol. The van der Waals surface area contributed by atoms with Gasteiger partial charge >= 0.3 is 0 Å². The molecule has 3 aliphatic rings. The second-order valence-electron chi connectivity index (χ2n) is 5.49. The van der Waals surface area contributed by atoms with Gasteiger partial charge in [0, 0.05) is 5.92 Å². The topological polar surface area (TPSA) is 9.23 Å². The third-order valence-electron chi connectivity index (χ3n) is 4.44. The number of hydrogen-bond acceptors (Lipinski definition) is 1. The average molecular weight is 194 g/mol. The second kappa shape index (κ2) is 3.37. The highest BCUT2D eigenvalue weighted by atomic mass is 16.5. The summed E-state index contributed by atoms with van der Waals surface area (Å²) in [5.74, 6) is 2.15. The van der Waals surface area contributed by atoms with Crippen LogP contribution in [-0.2, 0) is 4.74 Å². The first kappa shape index (κ1) is 10.2. The van der Waals surface area contributed by atoms with E-state index in [-0.39, 0.29) is 0 Å². The highest BCUT2D eigenvalue weighted by Gasteiger charge is 2.49. The minimum absolute atomic E-state index is 0.393. The van der Waals surface area contributed by atoms with Crippen molar-refractivity contribution in [3.63, 3.8) is 0 Å². The average Bonchev–Trinajstić information content (AvgIpc) is 2.18. The van der Waals surface area contributed by atoms with Crippen molar-refractivity contribution in [2.24, 2.45) is 23.2 Å². The molecule has 1 nitrogen and oxygen atoms in total. The molecule has 1 saturated heterocycles. The first-order chi connectivity index (χ1) is 6.57. The Hall–Kier alpha value is -0.300. The van der Waals surface area contributed by atoms with Gasteiger partial charge in [-0.25, -0.2) is 0 Å². The Morgan fingerprint density at radius 1 is 1.14 bits per heavy atom. The van der Waals surface area contributed by atoms with Crippen LogP contribution < -0.4 is 0 Å². The van der Waals surface area contributed by atoms with Crippen molar-refractivity contribution < 1.29 is 4.74 Å². The summed E-state index contributed by atoms with van der Waals surface area (Å²) in [7, 11) is 0. The predicted molar refractivity (Wildman–Crippen MR) is 59.1 cm³/mol. The van der Waals surface area contributed by atoms with Crippen molar-refractivity contribution in [2.45, 2.75) is 40.2 Å². The van der Waals surface area contributed by atoms with Gasteiger partial charge < -0.3 is 4.74 Å². The molecule has 0 aromatic rings. The minimum Gasteiger partial charge on any atom is -0.374 e. The Morgan fingerprint density at radius 2 is 1.79 bits per heavy atom.